The summed E-state index contributed by atoms with van der Waals surface area (Å²) >= 11 is 11.9. The van der Waals surface area contributed by atoms with Gasteiger partial charge in [0.1, 0.15) is 5.82 Å². The molecule has 0 saturated heterocycles. The predicted molar refractivity (Wildman–Crippen MR) is 86.1 cm³/mol. The molecule has 1 aromatic carbocycles. The van der Waals surface area contributed by atoms with Gasteiger partial charge < -0.3 is 10.3 Å². The van der Waals surface area contributed by atoms with E-state index in [0.29, 0.717) is 28.8 Å². The summed E-state index contributed by atoms with van der Waals surface area (Å²) < 4.78 is 0. The van der Waals surface area contributed by atoms with Crippen molar-refractivity contribution in [2.75, 3.05) is 6.54 Å². The number of nitrogens with zero attached hydrogens (tertiary/aromatic N) is 1. The molecule has 2 N–H and O–H groups in total. The van der Waals surface area contributed by atoms with Crippen LogP contribution in [0.2, 0.25) is 10.0 Å². The molecule has 4 nitrogen and oxygen atoms in total. The van der Waals surface area contributed by atoms with Crippen molar-refractivity contribution in [2.45, 2.75) is 26.3 Å². The Morgan fingerprint density at radius 3 is 2.76 bits per heavy atom. The summed E-state index contributed by atoms with van der Waals surface area (Å²) in [7, 11) is 0. The molecule has 0 aliphatic heterocycles. The maximum Gasteiger partial charge on any atom is 0.251 e. The lowest BCUT2D eigenvalue weighted by Gasteiger charge is -2.06. The largest absolute Gasteiger partial charge is 0.311 e. The number of H-pyrrole nitrogens is 1. The summed E-state index contributed by atoms with van der Waals surface area (Å²) in [5, 5.41) is 4.24. The summed E-state index contributed by atoms with van der Waals surface area (Å²) in [4.78, 5) is 18.9. The first-order chi connectivity index (χ1) is 10.1. The Morgan fingerprint density at radius 1 is 1.24 bits per heavy atom. The smallest absolute Gasteiger partial charge is 0.251 e. The molecule has 0 atom stereocenters. The van der Waals surface area contributed by atoms with Gasteiger partial charge in [-0.1, -0.05) is 36.2 Å². The molecule has 0 radical (unpaired) electrons. The number of rotatable bonds is 6. The van der Waals surface area contributed by atoms with Gasteiger partial charge in [-0.2, -0.15) is 0 Å². The van der Waals surface area contributed by atoms with Crippen molar-refractivity contribution in [1.82, 2.24) is 15.3 Å². The molecule has 6 heteroatoms. The summed E-state index contributed by atoms with van der Waals surface area (Å²) in [6.07, 6.45) is 1.55. The van der Waals surface area contributed by atoms with E-state index in [2.05, 4.69) is 22.2 Å². The van der Waals surface area contributed by atoms with Crippen LogP contribution in [0.1, 0.15) is 30.4 Å². The fourth-order valence-corrected chi connectivity index (χ4v) is 2.29. The summed E-state index contributed by atoms with van der Waals surface area (Å²) in [6.45, 7) is 3.58. The maximum absolute atomic E-state index is 11.7. The molecule has 0 fully saturated rings. The molecule has 0 aliphatic rings. The van der Waals surface area contributed by atoms with Gasteiger partial charge in [-0.15, -0.1) is 0 Å². The van der Waals surface area contributed by atoms with Gasteiger partial charge in [-0.3, -0.25) is 4.79 Å². The average molecular weight is 326 g/mol. The third-order valence-electron chi connectivity index (χ3n) is 2.93. The van der Waals surface area contributed by atoms with E-state index in [1.165, 1.54) is 6.07 Å². The monoisotopic (exact) mass is 325 g/mol. The lowest BCUT2D eigenvalue weighted by Crippen LogP contribution is -2.19. The molecular formula is C15H17Cl2N3O. The van der Waals surface area contributed by atoms with Crippen molar-refractivity contribution < 1.29 is 0 Å². The molecule has 1 aromatic heterocycles. The highest BCUT2D eigenvalue weighted by atomic mass is 35.5. The van der Waals surface area contributed by atoms with Crippen LogP contribution in [0.25, 0.3) is 0 Å². The number of benzene rings is 1. The van der Waals surface area contributed by atoms with Crippen molar-refractivity contribution in [3.8, 4) is 0 Å². The Kier molecular flexibility index (Phi) is 5.79. The summed E-state index contributed by atoms with van der Waals surface area (Å²) in [6, 6.07) is 6.91. The summed E-state index contributed by atoms with van der Waals surface area (Å²) in [5.41, 5.74) is 1.54. The van der Waals surface area contributed by atoms with Crippen LogP contribution in [0.15, 0.2) is 29.1 Å². The Morgan fingerprint density at radius 2 is 2.05 bits per heavy atom. The average Bonchev–Trinajstić information content (AvgIpc) is 2.43. The number of nitrogens with one attached hydrogen (secondary N) is 2. The zero-order valence-corrected chi connectivity index (χ0v) is 13.3. The molecule has 1 heterocycles. The quantitative estimate of drug-likeness (QED) is 0.802. The minimum absolute atomic E-state index is 0.145. The zero-order chi connectivity index (χ0) is 15.2. The van der Waals surface area contributed by atoms with Gasteiger partial charge >= 0.3 is 0 Å². The second-order valence-electron chi connectivity index (χ2n) is 4.79. The molecule has 21 heavy (non-hydrogen) atoms. The Labute approximate surface area is 133 Å². The molecular weight excluding hydrogens is 309 g/mol. The number of aromatic amines is 1. The van der Waals surface area contributed by atoms with Crippen LogP contribution >= 0.6 is 23.2 Å². The zero-order valence-electron chi connectivity index (χ0n) is 11.7. The summed E-state index contributed by atoms with van der Waals surface area (Å²) in [5.74, 6) is 0.620. The van der Waals surface area contributed by atoms with Crippen molar-refractivity contribution in [1.29, 1.82) is 0 Å². The van der Waals surface area contributed by atoms with Crippen LogP contribution in [0.3, 0.4) is 0 Å². The van der Waals surface area contributed by atoms with Crippen molar-refractivity contribution >= 4 is 23.2 Å². The van der Waals surface area contributed by atoms with E-state index < -0.39 is 0 Å². The molecule has 0 unspecified atom stereocenters. The molecule has 0 amide bonds. The van der Waals surface area contributed by atoms with Crippen LogP contribution in [0.4, 0.5) is 0 Å². The van der Waals surface area contributed by atoms with E-state index >= 15 is 0 Å². The highest BCUT2D eigenvalue weighted by Crippen LogP contribution is 2.23. The first kappa shape index (κ1) is 16.0. The SMILES string of the molecule is CCCNCc1cc(=O)[nH]c(Cc2ccc(Cl)c(Cl)c2)n1. The lowest BCUT2D eigenvalue weighted by molar-refractivity contribution is 0.658. The van der Waals surface area contributed by atoms with Gasteiger partial charge in [-0.25, -0.2) is 4.98 Å². The van der Waals surface area contributed by atoms with Crippen LogP contribution in [-0.4, -0.2) is 16.5 Å². The molecule has 0 spiro atoms. The van der Waals surface area contributed by atoms with Gasteiger partial charge in [0.25, 0.3) is 5.56 Å². The van der Waals surface area contributed by atoms with Crippen LogP contribution in [0, 0.1) is 0 Å². The first-order valence-electron chi connectivity index (χ1n) is 6.82. The highest BCUT2D eigenvalue weighted by molar-refractivity contribution is 6.42. The van der Waals surface area contributed by atoms with E-state index in [4.69, 9.17) is 23.2 Å². The van der Waals surface area contributed by atoms with Gasteiger partial charge in [0.2, 0.25) is 0 Å². The Hall–Kier alpha value is -1.36. The Balaban J connectivity index is 2.15. The molecule has 0 bridgehead atoms. The van der Waals surface area contributed by atoms with E-state index in [9.17, 15) is 4.79 Å². The highest BCUT2D eigenvalue weighted by Gasteiger charge is 2.05. The minimum atomic E-state index is -0.145. The van der Waals surface area contributed by atoms with E-state index in [1.54, 1.807) is 12.1 Å². The maximum atomic E-state index is 11.7. The number of hydrogen-bond acceptors (Lipinski definition) is 3. The molecule has 0 aliphatic carbocycles. The van der Waals surface area contributed by atoms with Gasteiger partial charge in [0, 0.05) is 19.0 Å². The first-order valence-corrected chi connectivity index (χ1v) is 7.58. The fourth-order valence-electron chi connectivity index (χ4n) is 1.97. The van der Waals surface area contributed by atoms with Crippen molar-refractivity contribution in [3.63, 3.8) is 0 Å². The van der Waals surface area contributed by atoms with Gasteiger partial charge in [-0.05, 0) is 30.7 Å². The second-order valence-corrected chi connectivity index (χ2v) is 5.60. The standard InChI is InChI=1S/C15H17Cl2N3O/c1-2-5-18-9-11-8-15(21)20-14(19-11)7-10-3-4-12(16)13(17)6-10/h3-4,6,8,18H,2,5,7,9H2,1H3,(H,19,20,21). The molecule has 112 valence electrons. The van der Waals surface area contributed by atoms with E-state index in [-0.39, 0.29) is 5.56 Å². The third kappa shape index (κ3) is 4.84. The molecule has 0 saturated carbocycles. The number of hydrogen-bond donors (Lipinski definition) is 2. The van der Waals surface area contributed by atoms with Crippen LogP contribution < -0.4 is 10.9 Å². The predicted octanol–water partition coefficient (Wildman–Crippen LogP) is 3.17. The number of aromatic nitrogens is 2. The Bertz CT molecular complexity index is 670. The normalized spacial score (nSPS) is 10.8. The second kappa shape index (κ2) is 7.59. The van der Waals surface area contributed by atoms with Gasteiger partial charge in [0.15, 0.2) is 0 Å². The van der Waals surface area contributed by atoms with E-state index in [1.807, 2.05) is 6.07 Å². The van der Waals surface area contributed by atoms with E-state index in [0.717, 1.165) is 24.2 Å². The van der Waals surface area contributed by atoms with Crippen molar-refractivity contribution in [3.05, 3.63) is 61.7 Å². The third-order valence-corrected chi connectivity index (χ3v) is 3.67. The number of halogens is 2. The molecule has 2 aromatic rings. The van der Waals surface area contributed by atoms with Crippen molar-refractivity contribution in [2.24, 2.45) is 0 Å². The van der Waals surface area contributed by atoms with Crippen LogP contribution in [0.5, 0.6) is 0 Å². The molecule has 2 rings (SSSR count). The van der Waals surface area contributed by atoms with Crippen LogP contribution in [-0.2, 0) is 13.0 Å². The lowest BCUT2D eigenvalue weighted by atomic mass is 10.1. The van der Waals surface area contributed by atoms with Gasteiger partial charge in [0.05, 0.1) is 15.7 Å². The fraction of sp³-hybridized carbons (Fsp3) is 0.333. The topological polar surface area (TPSA) is 57.8 Å². The minimum Gasteiger partial charge on any atom is -0.311 e.